The summed E-state index contributed by atoms with van der Waals surface area (Å²) in [6.45, 7) is 0. The molecule has 0 spiro atoms. The molecule has 310 valence electrons. The third kappa shape index (κ3) is 7.31. The van der Waals surface area contributed by atoms with Crippen molar-refractivity contribution in [3.05, 3.63) is 261 Å². The van der Waals surface area contributed by atoms with E-state index >= 15 is 0 Å². The van der Waals surface area contributed by atoms with E-state index in [9.17, 15) is 0 Å². The van der Waals surface area contributed by atoms with Gasteiger partial charge in [0.1, 0.15) is 11.3 Å². The number of hydrogen-bond acceptors (Lipinski definition) is 2. The van der Waals surface area contributed by atoms with Crippen LogP contribution in [0.25, 0.3) is 99.5 Å². The Morgan fingerprint density at radius 1 is 0.242 bits per heavy atom. The van der Waals surface area contributed by atoms with Gasteiger partial charge < -0.3 is 9.32 Å². The molecule has 66 heavy (non-hydrogen) atoms. The Balaban J connectivity index is 0.853. The highest BCUT2D eigenvalue weighted by molar-refractivity contribution is 6.08. The van der Waals surface area contributed by atoms with Gasteiger partial charge >= 0.3 is 0 Å². The van der Waals surface area contributed by atoms with Gasteiger partial charge in [0.15, 0.2) is 0 Å². The van der Waals surface area contributed by atoms with Crippen LogP contribution in [0, 0.1) is 0 Å². The smallest absolute Gasteiger partial charge is 0.143 e. The van der Waals surface area contributed by atoms with Gasteiger partial charge in [-0.1, -0.05) is 206 Å². The van der Waals surface area contributed by atoms with Crippen molar-refractivity contribution in [1.82, 2.24) is 0 Å². The van der Waals surface area contributed by atoms with Crippen LogP contribution in [0.3, 0.4) is 0 Å². The average molecular weight is 842 g/mol. The number of hydrogen-bond donors (Lipinski definition) is 0. The van der Waals surface area contributed by atoms with E-state index in [4.69, 9.17) is 4.42 Å². The van der Waals surface area contributed by atoms with Crippen molar-refractivity contribution < 1.29 is 4.42 Å². The molecule has 0 radical (unpaired) electrons. The molecule has 0 unspecified atom stereocenters. The van der Waals surface area contributed by atoms with Gasteiger partial charge in [-0.15, -0.1) is 0 Å². The SMILES string of the molecule is c1ccc(-c2cccc(N(c3ccc(-c4ccc(-c5cccc(-c6oc7ccccc7c6-c6ccccc6)c5)cc4)cc3)c3ccc(-c4ccc5c(ccc6ccccc65)c4)cc3)c2)cc1. The van der Waals surface area contributed by atoms with Crippen molar-refractivity contribution in [2.75, 3.05) is 4.90 Å². The first kappa shape index (κ1) is 38.9. The summed E-state index contributed by atoms with van der Waals surface area (Å²) in [5.74, 6) is 0.886. The van der Waals surface area contributed by atoms with Gasteiger partial charge in [-0.2, -0.15) is 0 Å². The summed E-state index contributed by atoms with van der Waals surface area (Å²) < 4.78 is 6.56. The lowest BCUT2D eigenvalue weighted by Crippen LogP contribution is -2.10. The van der Waals surface area contributed by atoms with Crippen LogP contribution in [0.2, 0.25) is 0 Å². The summed E-state index contributed by atoms with van der Waals surface area (Å²) in [5, 5.41) is 6.19. The van der Waals surface area contributed by atoms with Gasteiger partial charge in [-0.3, -0.25) is 0 Å². The molecule has 0 amide bonds. The van der Waals surface area contributed by atoms with Gasteiger partial charge in [-0.25, -0.2) is 0 Å². The molecule has 0 aliphatic rings. The van der Waals surface area contributed by atoms with Crippen LogP contribution >= 0.6 is 0 Å². The first-order valence-electron chi connectivity index (χ1n) is 22.6. The number of benzene rings is 11. The minimum Gasteiger partial charge on any atom is -0.455 e. The maximum atomic E-state index is 6.56. The van der Waals surface area contributed by atoms with E-state index in [1.165, 1.54) is 43.8 Å². The van der Waals surface area contributed by atoms with Gasteiger partial charge in [0.2, 0.25) is 0 Å². The van der Waals surface area contributed by atoms with E-state index < -0.39 is 0 Å². The molecule has 0 aliphatic carbocycles. The summed E-state index contributed by atoms with van der Waals surface area (Å²) in [5.41, 5.74) is 16.9. The Hall–Kier alpha value is -8.72. The minimum atomic E-state index is 0.886. The van der Waals surface area contributed by atoms with E-state index in [-0.39, 0.29) is 0 Å². The zero-order valence-corrected chi connectivity index (χ0v) is 36.2. The third-order valence-electron chi connectivity index (χ3n) is 12.9. The quantitative estimate of drug-likeness (QED) is 0.135. The summed E-state index contributed by atoms with van der Waals surface area (Å²) in [4.78, 5) is 2.35. The lowest BCUT2D eigenvalue weighted by atomic mass is 9.95. The number of furan rings is 1. The van der Waals surface area contributed by atoms with Crippen molar-refractivity contribution in [2.45, 2.75) is 0 Å². The number of fused-ring (bicyclic) bond motifs is 4. The van der Waals surface area contributed by atoms with Crippen LogP contribution in [-0.4, -0.2) is 0 Å². The molecule has 0 fully saturated rings. The largest absolute Gasteiger partial charge is 0.455 e. The lowest BCUT2D eigenvalue weighted by molar-refractivity contribution is 0.632. The van der Waals surface area contributed by atoms with E-state index in [2.05, 4.69) is 254 Å². The van der Waals surface area contributed by atoms with Crippen molar-refractivity contribution in [1.29, 1.82) is 0 Å². The minimum absolute atomic E-state index is 0.886. The highest BCUT2D eigenvalue weighted by atomic mass is 16.3. The van der Waals surface area contributed by atoms with Crippen LogP contribution in [-0.2, 0) is 0 Å². The van der Waals surface area contributed by atoms with Crippen LogP contribution < -0.4 is 4.90 Å². The molecule has 2 nitrogen and oxygen atoms in total. The molecule has 0 saturated carbocycles. The zero-order chi connectivity index (χ0) is 43.8. The molecule has 12 rings (SSSR count). The Kier molecular flexibility index (Phi) is 9.89. The molecular formula is C64H43NO. The number of anilines is 3. The second-order valence-corrected chi connectivity index (χ2v) is 16.9. The van der Waals surface area contributed by atoms with Gasteiger partial charge in [0.25, 0.3) is 0 Å². The predicted octanol–water partition coefficient (Wildman–Crippen LogP) is 18.2. The van der Waals surface area contributed by atoms with E-state index in [0.29, 0.717) is 0 Å². The highest BCUT2D eigenvalue weighted by Gasteiger charge is 2.19. The molecule has 0 atom stereocenters. The van der Waals surface area contributed by atoms with Crippen LogP contribution in [0.5, 0.6) is 0 Å². The molecule has 1 aromatic heterocycles. The fourth-order valence-electron chi connectivity index (χ4n) is 9.54. The second-order valence-electron chi connectivity index (χ2n) is 16.9. The van der Waals surface area contributed by atoms with E-state index in [0.717, 1.165) is 72.7 Å². The van der Waals surface area contributed by atoms with Crippen molar-refractivity contribution in [2.24, 2.45) is 0 Å². The number of nitrogens with zero attached hydrogens (tertiary/aromatic N) is 1. The fourth-order valence-corrected chi connectivity index (χ4v) is 9.54. The number of rotatable bonds is 9. The maximum absolute atomic E-state index is 6.56. The topological polar surface area (TPSA) is 16.4 Å². The Labute approximate surface area is 384 Å². The maximum Gasteiger partial charge on any atom is 0.143 e. The lowest BCUT2D eigenvalue weighted by Gasteiger charge is -2.26. The number of para-hydroxylation sites is 1. The van der Waals surface area contributed by atoms with Crippen molar-refractivity contribution >= 4 is 49.6 Å². The van der Waals surface area contributed by atoms with Gasteiger partial charge in [0, 0.05) is 33.6 Å². The summed E-state index contributed by atoms with van der Waals surface area (Å²) in [7, 11) is 0. The highest BCUT2D eigenvalue weighted by Crippen LogP contribution is 2.43. The molecule has 0 aliphatic heterocycles. The first-order valence-corrected chi connectivity index (χ1v) is 22.6. The molecule has 11 aromatic carbocycles. The standard InChI is InChI=1S/C64H43NO/c1-3-13-44(14-4-1)52-19-12-21-58(43-52)65(57-38-33-48(34-39-57)53-35-40-60-54(41-53)30-29-49-15-7-8-22-59(49)60)56-36-31-46(32-37-56)45-25-27-47(28-26-45)51-18-11-20-55(42-51)64-63(50-16-5-2-6-17-50)61-23-9-10-24-62(61)66-64/h1-43H. The fraction of sp³-hybridized carbons (Fsp3) is 0. The van der Waals surface area contributed by atoms with Crippen LogP contribution in [0.15, 0.2) is 265 Å². The Morgan fingerprint density at radius 3 is 1.39 bits per heavy atom. The predicted molar refractivity (Wildman–Crippen MR) is 279 cm³/mol. The monoisotopic (exact) mass is 841 g/mol. The normalized spacial score (nSPS) is 11.3. The Morgan fingerprint density at radius 2 is 0.697 bits per heavy atom. The molecule has 0 saturated heterocycles. The van der Waals surface area contributed by atoms with Gasteiger partial charge in [0.05, 0.1) is 0 Å². The molecule has 12 aromatic rings. The average Bonchev–Trinajstić information content (AvgIpc) is 3.80. The van der Waals surface area contributed by atoms with Gasteiger partial charge in [-0.05, 0) is 126 Å². The molecule has 1 heterocycles. The summed E-state index contributed by atoms with van der Waals surface area (Å²) >= 11 is 0. The van der Waals surface area contributed by atoms with Crippen LogP contribution in [0.1, 0.15) is 0 Å². The van der Waals surface area contributed by atoms with Crippen molar-refractivity contribution in [3.8, 4) is 67.0 Å². The molecule has 0 bridgehead atoms. The van der Waals surface area contributed by atoms with E-state index in [1.807, 2.05) is 12.1 Å². The van der Waals surface area contributed by atoms with Crippen LogP contribution in [0.4, 0.5) is 17.1 Å². The summed E-state index contributed by atoms with van der Waals surface area (Å²) in [6.07, 6.45) is 0. The zero-order valence-electron chi connectivity index (χ0n) is 36.2. The van der Waals surface area contributed by atoms with Crippen molar-refractivity contribution in [3.63, 3.8) is 0 Å². The van der Waals surface area contributed by atoms with E-state index in [1.54, 1.807) is 0 Å². The molecular weight excluding hydrogens is 799 g/mol. The molecule has 2 heteroatoms. The Bertz CT molecular complexity index is 3660. The first-order chi connectivity index (χ1) is 32.7. The third-order valence-corrected chi connectivity index (χ3v) is 12.9. The molecule has 0 N–H and O–H groups in total. The summed E-state index contributed by atoms with van der Waals surface area (Å²) in [6, 6.07) is 93.7. The second kappa shape index (κ2) is 16.8.